The fraction of sp³-hybridized carbons (Fsp3) is 0.588. The van der Waals surface area contributed by atoms with Crippen LogP contribution in [0.2, 0.25) is 5.02 Å². The molecule has 0 radical (unpaired) electrons. The number of carbonyl (C=O) groups is 1. The maximum atomic E-state index is 12.8. The number of halogens is 1. The SMILES string of the molecule is CC1(C)CC2CC(C)(CN2C(=O)c2ccc(Cl)c(N)c2)C1. The molecule has 4 heteroatoms. The van der Waals surface area contributed by atoms with Crippen molar-refractivity contribution < 1.29 is 4.79 Å². The zero-order valence-electron chi connectivity index (χ0n) is 12.9. The molecule has 1 aliphatic carbocycles. The lowest BCUT2D eigenvalue weighted by Crippen LogP contribution is -2.37. The lowest BCUT2D eigenvalue weighted by molar-refractivity contribution is 0.0708. The van der Waals surface area contributed by atoms with Gasteiger partial charge in [-0.15, -0.1) is 0 Å². The van der Waals surface area contributed by atoms with Crippen LogP contribution in [0.25, 0.3) is 0 Å². The molecule has 0 spiro atoms. The molecule has 3 nitrogen and oxygen atoms in total. The van der Waals surface area contributed by atoms with Gasteiger partial charge in [-0.3, -0.25) is 4.79 Å². The van der Waals surface area contributed by atoms with Crippen LogP contribution in [0.15, 0.2) is 18.2 Å². The van der Waals surface area contributed by atoms with Gasteiger partial charge >= 0.3 is 0 Å². The first-order chi connectivity index (χ1) is 9.69. The van der Waals surface area contributed by atoms with Crippen LogP contribution in [0.3, 0.4) is 0 Å². The van der Waals surface area contributed by atoms with Crippen molar-refractivity contribution in [2.45, 2.75) is 46.1 Å². The molecule has 2 atom stereocenters. The molecule has 1 aromatic rings. The number of nitrogen functional groups attached to an aromatic ring is 1. The highest BCUT2D eigenvalue weighted by Gasteiger charge is 2.50. The van der Waals surface area contributed by atoms with Gasteiger partial charge in [-0.2, -0.15) is 0 Å². The predicted molar refractivity (Wildman–Crippen MR) is 86.4 cm³/mol. The molecule has 2 aliphatic rings. The second kappa shape index (κ2) is 4.64. The lowest BCUT2D eigenvalue weighted by Gasteiger charge is -2.39. The van der Waals surface area contributed by atoms with Gasteiger partial charge < -0.3 is 10.6 Å². The van der Waals surface area contributed by atoms with E-state index < -0.39 is 0 Å². The van der Waals surface area contributed by atoms with Crippen molar-refractivity contribution in [1.29, 1.82) is 0 Å². The first-order valence-electron chi connectivity index (χ1n) is 7.55. The average Bonchev–Trinajstić information content (AvgIpc) is 2.61. The van der Waals surface area contributed by atoms with Gasteiger partial charge in [-0.05, 0) is 48.3 Å². The van der Waals surface area contributed by atoms with Gasteiger partial charge in [-0.1, -0.05) is 32.4 Å². The number of hydrogen-bond acceptors (Lipinski definition) is 2. The molecule has 2 unspecified atom stereocenters. The van der Waals surface area contributed by atoms with E-state index >= 15 is 0 Å². The van der Waals surface area contributed by atoms with Gasteiger partial charge in [0.15, 0.2) is 0 Å². The van der Waals surface area contributed by atoms with Crippen molar-refractivity contribution >= 4 is 23.2 Å². The van der Waals surface area contributed by atoms with E-state index in [1.807, 2.05) is 0 Å². The number of hydrogen-bond donors (Lipinski definition) is 1. The molecule has 1 heterocycles. The summed E-state index contributed by atoms with van der Waals surface area (Å²) in [5.74, 6) is 0.0878. The fourth-order valence-electron chi connectivity index (χ4n) is 4.54. The first kappa shape index (κ1) is 14.7. The fourth-order valence-corrected chi connectivity index (χ4v) is 4.66. The predicted octanol–water partition coefficient (Wildman–Crippen LogP) is 3.96. The molecule has 1 aliphatic heterocycles. The third-order valence-electron chi connectivity index (χ3n) is 4.92. The molecule has 1 aromatic carbocycles. The Morgan fingerprint density at radius 2 is 2.05 bits per heavy atom. The summed E-state index contributed by atoms with van der Waals surface area (Å²) < 4.78 is 0. The summed E-state index contributed by atoms with van der Waals surface area (Å²) in [6, 6.07) is 5.53. The van der Waals surface area contributed by atoms with E-state index in [4.69, 9.17) is 17.3 Å². The maximum Gasteiger partial charge on any atom is 0.254 e. The van der Waals surface area contributed by atoms with Gasteiger partial charge in [-0.25, -0.2) is 0 Å². The van der Waals surface area contributed by atoms with E-state index in [0.29, 0.717) is 27.7 Å². The second-order valence-electron chi connectivity index (χ2n) is 7.88. The Labute approximate surface area is 131 Å². The van der Waals surface area contributed by atoms with Crippen molar-refractivity contribution in [2.75, 3.05) is 12.3 Å². The summed E-state index contributed by atoms with van der Waals surface area (Å²) in [4.78, 5) is 14.9. The molecule has 1 saturated carbocycles. The van der Waals surface area contributed by atoms with Crippen molar-refractivity contribution in [2.24, 2.45) is 10.8 Å². The smallest absolute Gasteiger partial charge is 0.254 e. The third-order valence-corrected chi connectivity index (χ3v) is 5.26. The van der Waals surface area contributed by atoms with Crippen molar-refractivity contribution in [3.05, 3.63) is 28.8 Å². The Morgan fingerprint density at radius 1 is 1.33 bits per heavy atom. The molecule has 2 fully saturated rings. The van der Waals surface area contributed by atoms with Crippen LogP contribution < -0.4 is 5.73 Å². The zero-order valence-corrected chi connectivity index (χ0v) is 13.7. The minimum absolute atomic E-state index is 0.0878. The highest BCUT2D eigenvalue weighted by Crippen LogP contribution is 2.52. The summed E-state index contributed by atoms with van der Waals surface area (Å²) in [5, 5.41) is 0.500. The van der Waals surface area contributed by atoms with E-state index in [1.165, 1.54) is 6.42 Å². The number of nitrogens with zero attached hydrogens (tertiary/aromatic N) is 1. The molecule has 1 amide bonds. The van der Waals surface area contributed by atoms with E-state index in [-0.39, 0.29) is 11.3 Å². The molecule has 0 aromatic heterocycles. The van der Waals surface area contributed by atoms with E-state index in [1.54, 1.807) is 18.2 Å². The minimum atomic E-state index is 0.0878. The standard InChI is InChI=1S/C17H23ClN2O/c1-16(2)7-12-8-17(3,9-16)10-20(12)15(21)11-4-5-13(18)14(19)6-11/h4-6,12H,7-10,19H2,1-3H3. The molecule has 1 saturated heterocycles. The summed E-state index contributed by atoms with van der Waals surface area (Å²) in [6.45, 7) is 7.78. The Bertz CT molecular complexity index is 598. The maximum absolute atomic E-state index is 12.8. The van der Waals surface area contributed by atoms with Crippen LogP contribution in [0.4, 0.5) is 5.69 Å². The van der Waals surface area contributed by atoms with E-state index in [9.17, 15) is 4.79 Å². The minimum Gasteiger partial charge on any atom is -0.398 e. The molecule has 114 valence electrons. The van der Waals surface area contributed by atoms with Crippen molar-refractivity contribution in [1.82, 2.24) is 4.90 Å². The molecular weight excluding hydrogens is 284 g/mol. The Hall–Kier alpha value is -1.22. The van der Waals surface area contributed by atoms with Gasteiger partial charge in [0.1, 0.15) is 0 Å². The molecule has 2 bridgehead atoms. The highest BCUT2D eigenvalue weighted by atomic mass is 35.5. The monoisotopic (exact) mass is 306 g/mol. The Morgan fingerprint density at radius 3 is 2.71 bits per heavy atom. The number of carbonyl (C=O) groups excluding carboxylic acids is 1. The van der Waals surface area contributed by atoms with Crippen LogP contribution >= 0.6 is 11.6 Å². The zero-order chi connectivity index (χ0) is 15.4. The number of fused-ring (bicyclic) bond motifs is 2. The van der Waals surface area contributed by atoms with Crippen LogP contribution in [-0.2, 0) is 0 Å². The number of benzene rings is 1. The summed E-state index contributed by atoms with van der Waals surface area (Å²) in [5.41, 5.74) is 7.50. The molecule has 2 N–H and O–H groups in total. The number of rotatable bonds is 1. The highest BCUT2D eigenvalue weighted by molar-refractivity contribution is 6.33. The van der Waals surface area contributed by atoms with Gasteiger partial charge in [0.2, 0.25) is 0 Å². The van der Waals surface area contributed by atoms with Gasteiger partial charge in [0, 0.05) is 18.2 Å². The number of anilines is 1. The summed E-state index contributed by atoms with van der Waals surface area (Å²) in [6.07, 6.45) is 3.38. The van der Waals surface area contributed by atoms with E-state index in [2.05, 4.69) is 25.7 Å². The number of amides is 1. The van der Waals surface area contributed by atoms with Crippen LogP contribution in [-0.4, -0.2) is 23.4 Å². The largest absolute Gasteiger partial charge is 0.398 e. The van der Waals surface area contributed by atoms with Gasteiger partial charge in [0.25, 0.3) is 5.91 Å². The second-order valence-corrected chi connectivity index (χ2v) is 8.29. The molecule has 21 heavy (non-hydrogen) atoms. The lowest BCUT2D eigenvalue weighted by atomic mass is 9.65. The summed E-state index contributed by atoms with van der Waals surface area (Å²) in [7, 11) is 0. The van der Waals surface area contributed by atoms with Crippen LogP contribution in [0.5, 0.6) is 0 Å². The third kappa shape index (κ3) is 2.64. The summed E-state index contributed by atoms with van der Waals surface area (Å²) >= 11 is 5.94. The number of likely N-dealkylation sites (tertiary alicyclic amines) is 1. The van der Waals surface area contributed by atoms with Crippen LogP contribution in [0.1, 0.15) is 50.4 Å². The van der Waals surface area contributed by atoms with Crippen molar-refractivity contribution in [3.63, 3.8) is 0 Å². The Balaban J connectivity index is 1.87. The topological polar surface area (TPSA) is 46.3 Å². The van der Waals surface area contributed by atoms with Crippen LogP contribution in [0, 0.1) is 10.8 Å². The number of nitrogens with two attached hydrogens (primary N) is 1. The Kier molecular flexibility index (Phi) is 3.25. The van der Waals surface area contributed by atoms with E-state index in [0.717, 1.165) is 19.4 Å². The quantitative estimate of drug-likeness (QED) is 0.798. The normalized spacial score (nSPS) is 30.5. The molecule has 3 rings (SSSR count). The first-order valence-corrected chi connectivity index (χ1v) is 7.93. The van der Waals surface area contributed by atoms with Crippen molar-refractivity contribution in [3.8, 4) is 0 Å². The average molecular weight is 307 g/mol. The molecular formula is C17H23ClN2O. The van der Waals surface area contributed by atoms with Gasteiger partial charge in [0.05, 0.1) is 10.7 Å².